The van der Waals surface area contributed by atoms with Gasteiger partial charge in [0.2, 0.25) is 0 Å². The SMILES string of the molecule is CCN(CCO)C1COc2c(F)cccc2C1O. The summed E-state index contributed by atoms with van der Waals surface area (Å²) >= 11 is 0. The second kappa shape index (κ2) is 5.65. The van der Waals surface area contributed by atoms with E-state index in [1.54, 1.807) is 12.1 Å². The van der Waals surface area contributed by atoms with Gasteiger partial charge in [0, 0.05) is 12.1 Å². The normalized spacial score (nSPS) is 22.7. The summed E-state index contributed by atoms with van der Waals surface area (Å²) in [6, 6.07) is 4.29. The van der Waals surface area contributed by atoms with Crippen molar-refractivity contribution in [2.24, 2.45) is 0 Å². The van der Waals surface area contributed by atoms with E-state index >= 15 is 0 Å². The maximum absolute atomic E-state index is 13.5. The van der Waals surface area contributed by atoms with E-state index in [2.05, 4.69) is 0 Å². The Morgan fingerprint density at radius 3 is 2.94 bits per heavy atom. The minimum atomic E-state index is -0.795. The highest BCUT2D eigenvalue weighted by Crippen LogP contribution is 2.35. The molecule has 5 heteroatoms. The highest BCUT2D eigenvalue weighted by molar-refractivity contribution is 5.39. The molecule has 1 aliphatic rings. The van der Waals surface area contributed by atoms with Crippen LogP contribution in [0, 0.1) is 5.82 Å². The fourth-order valence-electron chi connectivity index (χ4n) is 2.37. The van der Waals surface area contributed by atoms with Gasteiger partial charge < -0.3 is 14.9 Å². The summed E-state index contributed by atoms with van der Waals surface area (Å²) in [5.41, 5.74) is 0.475. The first-order chi connectivity index (χ1) is 8.69. The van der Waals surface area contributed by atoms with E-state index in [4.69, 9.17) is 9.84 Å². The molecule has 2 rings (SSSR count). The number of ether oxygens (including phenoxy) is 1. The minimum absolute atomic E-state index is 0.0209. The summed E-state index contributed by atoms with van der Waals surface area (Å²) in [5, 5.41) is 19.3. The predicted molar refractivity (Wildman–Crippen MR) is 65.0 cm³/mol. The monoisotopic (exact) mass is 255 g/mol. The fourth-order valence-corrected chi connectivity index (χ4v) is 2.37. The molecule has 1 heterocycles. The van der Waals surface area contributed by atoms with E-state index in [9.17, 15) is 9.50 Å². The summed E-state index contributed by atoms with van der Waals surface area (Å²) in [6.45, 7) is 3.35. The molecule has 0 bridgehead atoms. The molecule has 1 aromatic carbocycles. The Kier molecular flexibility index (Phi) is 4.16. The summed E-state index contributed by atoms with van der Waals surface area (Å²) in [7, 11) is 0. The predicted octanol–water partition coefficient (Wildman–Crippen LogP) is 0.934. The van der Waals surface area contributed by atoms with Crippen molar-refractivity contribution < 1.29 is 19.3 Å². The third-order valence-electron chi connectivity index (χ3n) is 3.34. The van der Waals surface area contributed by atoms with Gasteiger partial charge in [-0.3, -0.25) is 4.90 Å². The molecule has 100 valence electrons. The van der Waals surface area contributed by atoms with E-state index in [1.165, 1.54) is 6.07 Å². The average Bonchev–Trinajstić information content (AvgIpc) is 2.38. The summed E-state index contributed by atoms with van der Waals surface area (Å²) in [4.78, 5) is 1.93. The molecule has 0 aromatic heterocycles. The van der Waals surface area contributed by atoms with Gasteiger partial charge in [-0.1, -0.05) is 19.1 Å². The van der Waals surface area contributed by atoms with Crippen molar-refractivity contribution in [3.8, 4) is 5.75 Å². The zero-order chi connectivity index (χ0) is 13.1. The highest BCUT2D eigenvalue weighted by atomic mass is 19.1. The van der Waals surface area contributed by atoms with Crippen LogP contribution in [-0.4, -0.2) is 47.5 Å². The lowest BCUT2D eigenvalue weighted by Crippen LogP contribution is -2.47. The van der Waals surface area contributed by atoms with E-state index < -0.39 is 11.9 Å². The Hall–Kier alpha value is -1.17. The number of benzene rings is 1. The molecular weight excluding hydrogens is 237 g/mol. The standard InChI is InChI=1S/C13H18FNO3/c1-2-15(6-7-16)11-8-18-13-9(12(11)17)4-3-5-10(13)14/h3-5,11-12,16-17H,2,6-8H2,1H3. The van der Waals surface area contributed by atoms with E-state index in [-0.39, 0.29) is 25.0 Å². The van der Waals surface area contributed by atoms with Crippen molar-refractivity contribution in [1.29, 1.82) is 0 Å². The van der Waals surface area contributed by atoms with Gasteiger partial charge in [0.15, 0.2) is 11.6 Å². The lowest BCUT2D eigenvalue weighted by atomic mass is 9.97. The second-order valence-corrected chi connectivity index (χ2v) is 4.33. The van der Waals surface area contributed by atoms with Crippen LogP contribution in [0.4, 0.5) is 4.39 Å². The molecule has 2 atom stereocenters. The molecule has 0 aliphatic carbocycles. The van der Waals surface area contributed by atoms with Crippen molar-refractivity contribution >= 4 is 0 Å². The first-order valence-corrected chi connectivity index (χ1v) is 6.13. The number of hydrogen-bond donors (Lipinski definition) is 2. The van der Waals surface area contributed by atoms with Crippen LogP contribution in [0.5, 0.6) is 5.75 Å². The van der Waals surface area contributed by atoms with Gasteiger partial charge in [0.05, 0.1) is 12.6 Å². The number of para-hydroxylation sites is 1. The van der Waals surface area contributed by atoms with E-state index in [1.807, 2.05) is 11.8 Å². The van der Waals surface area contributed by atoms with Crippen molar-refractivity contribution in [1.82, 2.24) is 4.90 Å². The zero-order valence-corrected chi connectivity index (χ0v) is 10.3. The summed E-state index contributed by atoms with van der Waals surface area (Å²) in [6.07, 6.45) is -0.795. The number of halogens is 1. The zero-order valence-electron chi connectivity index (χ0n) is 10.3. The largest absolute Gasteiger partial charge is 0.488 e. The second-order valence-electron chi connectivity index (χ2n) is 4.33. The number of aliphatic hydroxyl groups is 2. The van der Waals surface area contributed by atoms with Crippen LogP contribution >= 0.6 is 0 Å². The van der Waals surface area contributed by atoms with Crippen LogP contribution in [0.25, 0.3) is 0 Å². The molecule has 2 N–H and O–H groups in total. The topological polar surface area (TPSA) is 52.9 Å². The Bertz CT molecular complexity index is 413. The third kappa shape index (κ3) is 2.34. The smallest absolute Gasteiger partial charge is 0.165 e. The number of likely N-dealkylation sites (N-methyl/N-ethyl adjacent to an activating group) is 1. The first kappa shape index (κ1) is 13.3. The van der Waals surface area contributed by atoms with Gasteiger partial charge >= 0.3 is 0 Å². The van der Waals surface area contributed by atoms with Crippen LogP contribution in [0.1, 0.15) is 18.6 Å². The Morgan fingerprint density at radius 1 is 1.50 bits per heavy atom. The molecule has 1 aliphatic heterocycles. The van der Waals surface area contributed by atoms with Gasteiger partial charge in [-0.2, -0.15) is 0 Å². The van der Waals surface area contributed by atoms with Crippen LogP contribution in [0.15, 0.2) is 18.2 Å². The molecule has 0 saturated heterocycles. The number of fused-ring (bicyclic) bond motifs is 1. The van der Waals surface area contributed by atoms with Crippen molar-refractivity contribution in [2.75, 3.05) is 26.3 Å². The lowest BCUT2D eigenvalue weighted by molar-refractivity contribution is -0.00191. The molecule has 2 unspecified atom stereocenters. The molecule has 4 nitrogen and oxygen atoms in total. The summed E-state index contributed by atoms with van der Waals surface area (Å²) < 4.78 is 18.9. The quantitative estimate of drug-likeness (QED) is 0.840. The Balaban J connectivity index is 2.24. The number of hydrogen-bond acceptors (Lipinski definition) is 4. The van der Waals surface area contributed by atoms with Gasteiger partial charge in [0.1, 0.15) is 12.7 Å². The van der Waals surface area contributed by atoms with Crippen LogP contribution < -0.4 is 4.74 Å². The Labute approximate surface area is 106 Å². The first-order valence-electron chi connectivity index (χ1n) is 6.13. The van der Waals surface area contributed by atoms with Gasteiger partial charge in [-0.25, -0.2) is 4.39 Å². The van der Waals surface area contributed by atoms with Crippen LogP contribution in [-0.2, 0) is 0 Å². The van der Waals surface area contributed by atoms with Crippen molar-refractivity contribution in [2.45, 2.75) is 19.1 Å². The van der Waals surface area contributed by atoms with Gasteiger partial charge in [-0.15, -0.1) is 0 Å². The molecule has 18 heavy (non-hydrogen) atoms. The number of aliphatic hydroxyl groups excluding tert-OH is 2. The van der Waals surface area contributed by atoms with E-state index in [0.717, 1.165) is 0 Å². The minimum Gasteiger partial charge on any atom is -0.488 e. The summed E-state index contributed by atoms with van der Waals surface area (Å²) in [5.74, 6) is -0.309. The molecule has 1 aromatic rings. The van der Waals surface area contributed by atoms with Crippen molar-refractivity contribution in [3.63, 3.8) is 0 Å². The molecule has 0 radical (unpaired) electrons. The van der Waals surface area contributed by atoms with Crippen molar-refractivity contribution in [3.05, 3.63) is 29.6 Å². The molecule has 0 saturated carbocycles. The maximum atomic E-state index is 13.5. The maximum Gasteiger partial charge on any atom is 0.165 e. The van der Waals surface area contributed by atoms with Gasteiger partial charge in [-0.05, 0) is 12.6 Å². The highest BCUT2D eigenvalue weighted by Gasteiger charge is 2.34. The third-order valence-corrected chi connectivity index (χ3v) is 3.34. The molecule has 0 amide bonds. The lowest BCUT2D eigenvalue weighted by Gasteiger charge is -2.37. The molecular formula is C13H18FNO3. The molecule has 0 spiro atoms. The number of rotatable bonds is 4. The van der Waals surface area contributed by atoms with E-state index in [0.29, 0.717) is 18.7 Å². The average molecular weight is 255 g/mol. The number of nitrogens with zero attached hydrogens (tertiary/aromatic N) is 1. The van der Waals surface area contributed by atoms with Gasteiger partial charge in [0.25, 0.3) is 0 Å². The van der Waals surface area contributed by atoms with Crippen LogP contribution in [0.3, 0.4) is 0 Å². The van der Waals surface area contributed by atoms with Crippen LogP contribution in [0.2, 0.25) is 0 Å². The Morgan fingerprint density at radius 2 is 2.28 bits per heavy atom. The fraction of sp³-hybridized carbons (Fsp3) is 0.538. The molecule has 0 fully saturated rings.